The lowest BCUT2D eigenvalue weighted by molar-refractivity contribution is 0.00880. The van der Waals surface area contributed by atoms with Gasteiger partial charge in [-0.05, 0) is 37.7 Å². The Hall–Kier alpha value is -2.26. The van der Waals surface area contributed by atoms with Crippen molar-refractivity contribution < 1.29 is 9.53 Å². The number of hydrogen-bond acceptors (Lipinski definition) is 5. The number of rotatable bonds is 3. The monoisotopic (exact) mass is 314 g/mol. The molecule has 0 saturated heterocycles. The SMILES string of the molecule is CSc1c(C#N)c(=O)n2ccccc2c1C(=O)OC1CCC1. The summed E-state index contributed by atoms with van der Waals surface area (Å²) in [4.78, 5) is 25.3. The molecule has 0 atom stereocenters. The minimum Gasteiger partial charge on any atom is -0.459 e. The fourth-order valence-electron chi connectivity index (χ4n) is 2.48. The van der Waals surface area contributed by atoms with E-state index < -0.39 is 11.5 Å². The van der Waals surface area contributed by atoms with Crippen LogP contribution in [0.25, 0.3) is 5.52 Å². The van der Waals surface area contributed by atoms with Crippen LogP contribution in [-0.2, 0) is 4.74 Å². The van der Waals surface area contributed by atoms with Crippen molar-refractivity contribution in [1.82, 2.24) is 4.40 Å². The van der Waals surface area contributed by atoms with Gasteiger partial charge in [-0.25, -0.2) is 4.79 Å². The van der Waals surface area contributed by atoms with Crippen molar-refractivity contribution in [2.24, 2.45) is 0 Å². The number of pyridine rings is 2. The highest BCUT2D eigenvalue weighted by molar-refractivity contribution is 7.98. The molecule has 5 nitrogen and oxygen atoms in total. The van der Waals surface area contributed by atoms with Crippen molar-refractivity contribution in [1.29, 1.82) is 5.26 Å². The van der Waals surface area contributed by atoms with Crippen LogP contribution in [0.5, 0.6) is 0 Å². The van der Waals surface area contributed by atoms with Crippen molar-refractivity contribution in [3.63, 3.8) is 0 Å². The van der Waals surface area contributed by atoms with Gasteiger partial charge in [0.1, 0.15) is 17.7 Å². The van der Waals surface area contributed by atoms with Crippen LogP contribution in [-0.4, -0.2) is 22.7 Å². The van der Waals surface area contributed by atoms with Gasteiger partial charge in [-0.15, -0.1) is 11.8 Å². The summed E-state index contributed by atoms with van der Waals surface area (Å²) in [6, 6.07) is 7.06. The number of esters is 1. The van der Waals surface area contributed by atoms with E-state index in [1.54, 1.807) is 30.7 Å². The van der Waals surface area contributed by atoms with E-state index in [0.717, 1.165) is 19.3 Å². The second-order valence-electron chi connectivity index (χ2n) is 5.11. The van der Waals surface area contributed by atoms with Gasteiger partial charge in [-0.1, -0.05) is 6.07 Å². The maximum absolute atomic E-state index is 12.6. The second kappa shape index (κ2) is 5.85. The molecule has 0 radical (unpaired) electrons. The smallest absolute Gasteiger partial charge is 0.341 e. The summed E-state index contributed by atoms with van der Waals surface area (Å²) >= 11 is 1.22. The first-order valence-corrected chi connectivity index (χ1v) is 8.22. The average molecular weight is 314 g/mol. The Morgan fingerprint density at radius 3 is 2.82 bits per heavy atom. The molecule has 3 rings (SSSR count). The Morgan fingerprint density at radius 2 is 2.23 bits per heavy atom. The molecule has 2 heterocycles. The Bertz CT molecular complexity index is 847. The lowest BCUT2D eigenvalue weighted by Gasteiger charge is -2.25. The van der Waals surface area contributed by atoms with Crippen molar-refractivity contribution in [2.75, 3.05) is 6.26 Å². The Labute approximate surface area is 131 Å². The predicted molar refractivity (Wildman–Crippen MR) is 83.2 cm³/mol. The minimum atomic E-state index is -0.464. The lowest BCUT2D eigenvalue weighted by Crippen LogP contribution is -2.27. The van der Waals surface area contributed by atoms with Crippen LogP contribution >= 0.6 is 11.8 Å². The van der Waals surface area contributed by atoms with Crippen molar-refractivity contribution in [2.45, 2.75) is 30.3 Å². The van der Waals surface area contributed by atoms with E-state index in [1.807, 2.05) is 6.07 Å². The maximum atomic E-state index is 12.6. The zero-order valence-corrected chi connectivity index (χ0v) is 12.9. The van der Waals surface area contributed by atoms with Crippen molar-refractivity contribution in [3.8, 4) is 6.07 Å². The highest BCUT2D eigenvalue weighted by Gasteiger charge is 2.27. The van der Waals surface area contributed by atoms with E-state index in [4.69, 9.17) is 4.74 Å². The first kappa shape index (κ1) is 14.7. The van der Waals surface area contributed by atoms with E-state index in [2.05, 4.69) is 0 Å². The molecular formula is C16H14N2O3S. The van der Waals surface area contributed by atoms with Crippen LogP contribution in [0.4, 0.5) is 0 Å². The van der Waals surface area contributed by atoms with Crippen molar-refractivity contribution in [3.05, 3.63) is 45.9 Å². The second-order valence-corrected chi connectivity index (χ2v) is 5.93. The first-order chi connectivity index (χ1) is 10.7. The van der Waals surface area contributed by atoms with E-state index in [-0.39, 0.29) is 11.7 Å². The maximum Gasteiger partial charge on any atom is 0.341 e. The molecule has 2 aromatic heterocycles. The lowest BCUT2D eigenvalue weighted by atomic mass is 9.96. The summed E-state index contributed by atoms with van der Waals surface area (Å²) in [6.07, 6.45) is 6.05. The van der Waals surface area contributed by atoms with Gasteiger partial charge < -0.3 is 4.74 Å². The highest BCUT2D eigenvalue weighted by Crippen LogP contribution is 2.29. The number of nitrogens with zero attached hydrogens (tertiary/aromatic N) is 2. The summed E-state index contributed by atoms with van der Waals surface area (Å²) in [5, 5.41) is 9.31. The van der Waals surface area contributed by atoms with Crippen molar-refractivity contribution >= 4 is 23.2 Å². The predicted octanol–water partition coefficient (Wildman–Crippen LogP) is 2.60. The third-order valence-corrected chi connectivity index (χ3v) is 4.67. The summed E-state index contributed by atoms with van der Waals surface area (Å²) < 4.78 is 6.81. The fourth-order valence-corrected chi connectivity index (χ4v) is 3.21. The molecular weight excluding hydrogens is 300 g/mol. The molecule has 0 amide bonds. The fraction of sp³-hybridized carbons (Fsp3) is 0.312. The van der Waals surface area contributed by atoms with Crippen LogP contribution < -0.4 is 5.56 Å². The zero-order chi connectivity index (χ0) is 15.7. The molecule has 2 aromatic rings. The summed E-state index contributed by atoms with van der Waals surface area (Å²) in [5.41, 5.74) is 0.343. The Balaban J connectivity index is 2.26. The molecule has 6 heteroatoms. The standard InChI is InChI=1S/C16H14N2O3S/c1-22-14-11(9-17)15(19)18-8-3-2-7-12(18)13(14)16(20)21-10-5-4-6-10/h2-3,7-8,10H,4-6H2,1H3. The number of hydrogen-bond donors (Lipinski definition) is 0. The number of thioether (sulfide) groups is 1. The zero-order valence-electron chi connectivity index (χ0n) is 12.0. The summed E-state index contributed by atoms with van der Waals surface area (Å²) in [7, 11) is 0. The van der Waals surface area contributed by atoms with E-state index in [0.29, 0.717) is 16.0 Å². The van der Waals surface area contributed by atoms with Gasteiger partial charge in [-0.3, -0.25) is 9.20 Å². The largest absolute Gasteiger partial charge is 0.459 e. The Morgan fingerprint density at radius 1 is 1.45 bits per heavy atom. The third kappa shape index (κ3) is 2.28. The average Bonchev–Trinajstić information content (AvgIpc) is 2.50. The van der Waals surface area contributed by atoms with Crippen LogP contribution in [0.1, 0.15) is 35.2 Å². The number of carbonyl (C=O) groups excluding carboxylic acids is 1. The molecule has 1 fully saturated rings. The van der Waals surface area contributed by atoms with E-state index in [1.165, 1.54) is 16.2 Å². The van der Waals surface area contributed by atoms with Gasteiger partial charge in [0.15, 0.2) is 0 Å². The van der Waals surface area contributed by atoms with Gasteiger partial charge in [0.2, 0.25) is 0 Å². The molecule has 1 aliphatic rings. The molecule has 1 saturated carbocycles. The number of carbonyl (C=O) groups is 1. The highest BCUT2D eigenvalue weighted by atomic mass is 32.2. The molecule has 0 aliphatic heterocycles. The molecule has 112 valence electrons. The quantitative estimate of drug-likeness (QED) is 0.643. The summed E-state index contributed by atoms with van der Waals surface area (Å²) in [6.45, 7) is 0. The van der Waals surface area contributed by atoms with Gasteiger partial charge >= 0.3 is 5.97 Å². The molecule has 0 aromatic carbocycles. The molecule has 1 aliphatic carbocycles. The molecule has 0 spiro atoms. The van der Waals surface area contributed by atoms with Crippen LogP contribution in [0.15, 0.2) is 34.1 Å². The van der Waals surface area contributed by atoms with E-state index >= 15 is 0 Å². The molecule has 0 N–H and O–H groups in total. The minimum absolute atomic E-state index is 0.0169. The van der Waals surface area contributed by atoms with Gasteiger partial charge in [0.25, 0.3) is 5.56 Å². The normalized spacial score (nSPS) is 14.4. The topological polar surface area (TPSA) is 71.6 Å². The van der Waals surface area contributed by atoms with Crippen LogP contribution in [0.3, 0.4) is 0 Å². The number of aromatic nitrogens is 1. The van der Waals surface area contributed by atoms with Crippen LogP contribution in [0, 0.1) is 11.3 Å². The number of fused-ring (bicyclic) bond motifs is 1. The number of ether oxygens (including phenoxy) is 1. The summed E-state index contributed by atoms with van der Waals surface area (Å²) in [5.74, 6) is -0.464. The van der Waals surface area contributed by atoms with E-state index in [9.17, 15) is 14.9 Å². The van der Waals surface area contributed by atoms with Gasteiger partial charge in [-0.2, -0.15) is 5.26 Å². The third-order valence-electron chi connectivity index (χ3n) is 3.85. The first-order valence-electron chi connectivity index (χ1n) is 6.99. The van der Waals surface area contributed by atoms with Gasteiger partial charge in [0.05, 0.1) is 11.1 Å². The van der Waals surface area contributed by atoms with Crippen LogP contribution in [0.2, 0.25) is 0 Å². The van der Waals surface area contributed by atoms with Gasteiger partial charge in [0, 0.05) is 11.1 Å². The molecule has 22 heavy (non-hydrogen) atoms. The molecule has 0 bridgehead atoms. The Kier molecular flexibility index (Phi) is 3.90. The molecule has 0 unspecified atom stereocenters. The number of nitriles is 1.